The van der Waals surface area contributed by atoms with Crippen LogP contribution in [0.1, 0.15) is 193 Å². The van der Waals surface area contributed by atoms with Gasteiger partial charge in [0.15, 0.2) is 0 Å². The Morgan fingerprint density at radius 3 is 1.82 bits per heavy atom. The van der Waals surface area contributed by atoms with Crippen LogP contribution in [0.15, 0.2) is 61.0 Å². The molecule has 3 aliphatic rings. The Bertz CT molecular complexity index is 1010. The maximum Gasteiger partial charge on any atom is 0.0524 e. The summed E-state index contributed by atoms with van der Waals surface area (Å²) in [6.45, 7) is 51.7. The van der Waals surface area contributed by atoms with E-state index in [9.17, 15) is 0 Å². The highest BCUT2D eigenvalue weighted by Crippen LogP contribution is 2.48. The molecule has 2 nitrogen and oxygen atoms in total. The highest BCUT2D eigenvalue weighted by molar-refractivity contribution is 5.31. The number of rotatable bonds is 17. The summed E-state index contributed by atoms with van der Waals surface area (Å²) in [5.74, 6) is 4.86. The van der Waals surface area contributed by atoms with Gasteiger partial charge in [0.05, 0.1) is 12.1 Å². The van der Waals surface area contributed by atoms with Crippen LogP contribution in [0.4, 0.5) is 0 Å². The van der Waals surface area contributed by atoms with Gasteiger partial charge in [-0.1, -0.05) is 191 Å². The van der Waals surface area contributed by atoms with Gasteiger partial charge in [0.2, 0.25) is 0 Å². The van der Waals surface area contributed by atoms with Crippen LogP contribution < -0.4 is 10.6 Å². The van der Waals surface area contributed by atoms with Gasteiger partial charge in [-0.2, -0.15) is 0 Å². The smallest absolute Gasteiger partial charge is 0.0524 e. The van der Waals surface area contributed by atoms with E-state index in [1.54, 1.807) is 0 Å². The van der Waals surface area contributed by atoms with Gasteiger partial charge in [0, 0.05) is 17.3 Å². The van der Waals surface area contributed by atoms with Crippen LogP contribution in [0, 0.1) is 46.8 Å². The molecule has 0 aromatic rings. The summed E-state index contributed by atoms with van der Waals surface area (Å²) in [7, 11) is 0. The van der Waals surface area contributed by atoms with Gasteiger partial charge in [0.25, 0.3) is 0 Å². The molecule has 0 amide bonds. The fraction of sp³-hybridized carbons (Fsp3) is 0.796. The van der Waals surface area contributed by atoms with Crippen molar-refractivity contribution in [2.45, 2.75) is 205 Å². The molecule has 0 saturated heterocycles. The summed E-state index contributed by atoms with van der Waals surface area (Å²) >= 11 is 0. The molecule has 0 aromatic carbocycles. The first-order chi connectivity index (χ1) is 24.1. The normalized spacial score (nSPS) is 24.8. The molecule has 3 aliphatic carbocycles. The summed E-state index contributed by atoms with van der Waals surface area (Å²) in [5, 5.41) is 7.73. The molecule has 0 heterocycles. The lowest BCUT2D eigenvalue weighted by Crippen LogP contribution is -2.48. The van der Waals surface area contributed by atoms with Crippen molar-refractivity contribution in [3.63, 3.8) is 0 Å². The van der Waals surface area contributed by atoms with Crippen LogP contribution >= 0.6 is 0 Å². The zero-order valence-corrected chi connectivity index (χ0v) is 37.0. The van der Waals surface area contributed by atoms with Crippen molar-refractivity contribution in [2.75, 3.05) is 0 Å². The fourth-order valence-electron chi connectivity index (χ4n) is 8.58. The first-order valence-electron chi connectivity index (χ1n) is 22.0. The lowest BCUT2D eigenvalue weighted by Gasteiger charge is -2.48. The van der Waals surface area contributed by atoms with Crippen LogP contribution in [0.5, 0.6) is 0 Å². The Morgan fingerprint density at radius 1 is 0.804 bits per heavy atom. The monoisotopic (exact) mass is 709 g/mol. The van der Waals surface area contributed by atoms with Gasteiger partial charge in [-0.05, 0) is 91.9 Å². The second-order valence-corrected chi connectivity index (χ2v) is 17.4. The molecule has 2 heteroatoms. The Morgan fingerprint density at radius 2 is 1.37 bits per heavy atom. The standard InChI is InChI=1S/C35H58N2.C9H20.C3H8.C2H6/c1-11-24(4)27(7)33(21-30-16-15-17-30)37-29(9)32-22-31(20-25(5)26(32)6)28(8)34(36-23(2)3)35(10)18-13-12-14-19-35;1-5-7-9(4)8(3)6-2;1-3-2;1-2/h25-26,30-34,36-37H,2,4,7-9,11-22H2,1,3,5-6,10H3;8-9H,5-7H2,1-4H3;3H2,1-2H3;1-2H3. The lowest BCUT2D eigenvalue weighted by molar-refractivity contribution is 0.129. The Labute approximate surface area is 322 Å². The van der Waals surface area contributed by atoms with E-state index in [0.717, 1.165) is 42.7 Å². The molecule has 2 N–H and O–H groups in total. The van der Waals surface area contributed by atoms with Crippen molar-refractivity contribution in [3.05, 3.63) is 61.0 Å². The topological polar surface area (TPSA) is 24.1 Å². The van der Waals surface area contributed by atoms with E-state index < -0.39 is 0 Å². The first-order valence-corrected chi connectivity index (χ1v) is 22.0. The molecule has 51 heavy (non-hydrogen) atoms. The minimum absolute atomic E-state index is 0.260. The van der Waals surface area contributed by atoms with E-state index in [0.29, 0.717) is 29.7 Å². The number of hydrogen-bond acceptors (Lipinski definition) is 2. The average Bonchev–Trinajstić information content (AvgIpc) is 3.09. The molecule has 3 rings (SSSR count). The summed E-state index contributed by atoms with van der Waals surface area (Å²) in [5.41, 5.74) is 6.29. The van der Waals surface area contributed by atoms with E-state index in [-0.39, 0.29) is 11.5 Å². The largest absolute Gasteiger partial charge is 0.382 e. The lowest BCUT2D eigenvalue weighted by atomic mass is 9.61. The van der Waals surface area contributed by atoms with Gasteiger partial charge in [-0.25, -0.2) is 0 Å². The average molecular weight is 709 g/mol. The van der Waals surface area contributed by atoms with Crippen LogP contribution in [0.2, 0.25) is 0 Å². The summed E-state index contributed by atoms with van der Waals surface area (Å²) < 4.78 is 0. The van der Waals surface area contributed by atoms with Crippen LogP contribution in [-0.2, 0) is 0 Å². The molecule has 8 atom stereocenters. The molecule has 0 radical (unpaired) electrons. The molecular weight excluding hydrogens is 617 g/mol. The van der Waals surface area contributed by atoms with E-state index in [1.165, 1.54) is 106 Å². The summed E-state index contributed by atoms with van der Waals surface area (Å²) in [6.07, 6.45) is 20.5. The third-order valence-corrected chi connectivity index (χ3v) is 13.0. The van der Waals surface area contributed by atoms with Crippen LogP contribution in [-0.4, -0.2) is 12.1 Å². The molecule has 0 aromatic heterocycles. The van der Waals surface area contributed by atoms with E-state index in [2.05, 4.69) is 113 Å². The van der Waals surface area contributed by atoms with Crippen LogP contribution in [0.3, 0.4) is 0 Å². The minimum atomic E-state index is 0.260. The third kappa shape index (κ3) is 16.5. The van der Waals surface area contributed by atoms with Gasteiger partial charge < -0.3 is 10.6 Å². The van der Waals surface area contributed by atoms with Gasteiger partial charge in [0.1, 0.15) is 0 Å². The molecule has 0 bridgehead atoms. The Kier molecular flexibility index (Phi) is 25.3. The van der Waals surface area contributed by atoms with Crippen molar-refractivity contribution in [2.24, 2.45) is 46.8 Å². The van der Waals surface area contributed by atoms with E-state index in [1.807, 2.05) is 13.8 Å². The van der Waals surface area contributed by atoms with Gasteiger partial charge in [-0.3, -0.25) is 0 Å². The Balaban J connectivity index is 0.00000152. The van der Waals surface area contributed by atoms with Crippen LogP contribution in [0.25, 0.3) is 0 Å². The SMILES string of the molecule is C=C(C)NC(C(=C)C1CC(C)C(C)C(C(=C)NC(CC2CCC2)C(=C)C(=C)CC)C1)C1(C)CCCCC1.CC.CCC.CCCC(C)C(C)CC. The highest BCUT2D eigenvalue weighted by atomic mass is 15.0. The summed E-state index contributed by atoms with van der Waals surface area (Å²) in [4.78, 5) is 0. The quantitative estimate of drug-likeness (QED) is 0.116. The predicted octanol–water partition coefficient (Wildman–Crippen LogP) is 15.4. The fourth-order valence-corrected chi connectivity index (χ4v) is 8.58. The Hall–Kier alpha value is -1.70. The molecule has 0 aliphatic heterocycles. The van der Waals surface area contributed by atoms with Crippen molar-refractivity contribution >= 4 is 0 Å². The van der Waals surface area contributed by atoms with Gasteiger partial charge in [-0.15, -0.1) is 0 Å². The first kappa shape index (κ1) is 49.3. The number of hydrogen-bond donors (Lipinski definition) is 2. The highest BCUT2D eigenvalue weighted by Gasteiger charge is 2.42. The van der Waals surface area contributed by atoms with Crippen molar-refractivity contribution in [1.29, 1.82) is 0 Å². The van der Waals surface area contributed by atoms with Crippen molar-refractivity contribution < 1.29 is 0 Å². The number of nitrogens with one attached hydrogen (secondary N) is 2. The molecule has 0 spiro atoms. The maximum absolute atomic E-state index is 4.81. The second-order valence-electron chi connectivity index (χ2n) is 17.4. The summed E-state index contributed by atoms with van der Waals surface area (Å²) in [6, 6.07) is 0.562. The van der Waals surface area contributed by atoms with E-state index in [4.69, 9.17) is 6.58 Å². The third-order valence-electron chi connectivity index (χ3n) is 13.0. The number of allylic oxidation sites excluding steroid dienone is 2. The second kappa shape index (κ2) is 26.1. The predicted molar refractivity (Wildman–Crippen MR) is 234 cm³/mol. The molecular formula is C49H92N2. The van der Waals surface area contributed by atoms with Crippen molar-refractivity contribution in [3.8, 4) is 0 Å². The molecule has 8 unspecified atom stereocenters. The van der Waals surface area contributed by atoms with Crippen molar-refractivity contribution in [1.82, 2.24) is 10.6 Å². The van der Waals surface area contributed by atoms with Gasteiger partial charge >= 0.3 is 0 Å². The zero-order valence-electron chi connectivity index (χ0n) is 37.0. The van der Waals surface area contributed by atoms with E-state index >= 15 is 0 Å². The molecule has 3 fully saturated rings. The molecule has 298 valence electrons. The maximum atomic E-state index is 4.81. The molecule has 3 saturated carbocycles. The minimum Gasteiger partial charge on any atom is -0.382 e. The zero-order chi connectivity index (χ0) is 39.3.